The molecule has 0 radical (unpaired) electrons. The summed E-state index contributed by atoms with van der Waals surface area (Å²) in [6.07, 6.45) is 1.51. The first-order valence-corrected chi connectivity index (χ1v) is 5.91. The lowest BCUT2D eigenvalue weighted by atomic mass is 10.2. The van der Waals surface area contributed by atoms with Gasteiger partial charge in [0, 0.05) is 9.75 Å². The summed E-state index contributed by atoms with van der Waals surface area (Å²) in [5, 5.41) is 3.28. The average Bonchev–Trinajstić information content (AvgIpc) is 2.68. The molecule has 0 aliphatic heterocycles. The normalized spacial score (nSPS) is 12.4. The van der Waals surface area contributed by atoms with Crippen molar-refractivity contribution in [2.75, 3.05) is 5.32 Å². The molecule has 2 rings (SSSR count). The maximum atomic E-state index is 12.6. The fraction of sp³-hybridized carbons (Fsp3) is 0.250. The number of nitrogens with one attached hydrogen (secondary N) is 1. The second-order valence-electron chi connectivity index (χ2n) is 3.68. The summed E-state index contributed by atoms with van der Waals surface area (Å²) < 4.78 is 12.6. The van der Waals surface area contributed by atoms with Crippen LogP contribution >= 0.6 is 11.3 Å². The lowest BCUT2D eigenvalue weighted by molar-refractivity contribution is 0.584. The first-order valence-electron chi connectivity index (χ1n) is 5.09. The van der Waals surface area contributed by atoms with E-state index in [0.717, 1.165) is 5.69 Å². The topological polar surface area (TPSA) is 24.9 Å². The fourth-order valence-corrected chi connectivity index (χ4v) is 2.35. The molecule has 84 valence electrons. The minimum absolute atomic E-state index is 0.214. The molecule has 0 aliphatic rings. The molecule has 2 heterocycles. The summed E-state index contributed by atoms with van der Waals surface area (Å²) in [4.78, 5) is 6.16. The monoisotopic (exact) mass is 236 g/mol. The largest absolute Gasteiger partial charge is 0.376 e. The maximum absolute atomic E-state index is 12.6. The quantitative estimate of drug-likeness (QED) is 0.821. The number of aromatic nitrogens is 1. The van der Waals surface area contributed by atoms with E-state index < -0.39 is 5.95 Å². The molecule has 0 aliphatic carbocycles. The molecular weight excluding hydrogens is 223 g/mol. The van der Waals surface area contributed by atoms with Crippen molar-refractivity contribution < 1.29 is 4.39 Å². The third-order valence-corrected chi connectivity index (χ3v) is 3.48. The van der Waals surface area contributed by atoms with Crippen LogP contribution in [0, 0.1) is 12.9 Å². The van der Waals surface area contributed by atoms with Gasteiger partial charge in [0.1, 0.15) is 0 Å². The molecule has 2 aromatic heterocycles. The van der Waals surface area contributed by atoms with Crippen molar-refractivity contribution in [3.8, 4) is 0 Å². The smallest absolute Gasteiger partial charge is 0.212 e. The Morgan fingerprint density at radius 3 is 2.69 bits per heavy atom. The summed E-state index contributed by atoms with van der Waals surface area (Å²) in [5.41, 5.74) is 0.833. The van der Waals surface area contributed by atoms with E-state index in [1.54, 1.807) is 17.4 Å². The van der Waals surface area contributed by atoms with Crippen LogP contribution in [-0.4, -0.2) is 4.98 Å². The molecule has 2 aromatic rings. The SMILES string of the molecule is Cc1ccc(C(C)Nc2ccc(F)nc2)s1. The predicted octanol–water partition coefficient (Wildman–Crippen LogP) is 3.76. The lowest BCUT2D eigenvalue weighted by Gasteiger charge is -2.12. The number of hydrogen-bond donors (Lipinski definition) is 1. The maximum Gasteiger partial charge on any atom is 0.212 e. The molecule has 0 spiro atoms. The average molecular weight is 236 g/mol. The minimum Gasteiger partial charge on any atom is -0.376 e. The van der Waals surface area contributed by atoms with Crippen molar-refractivity contribution in [1.29, 1.82) is 0 Å². The van der Waals surface area contributed by atoms with Gasteiger partial charge < -0.3 is 5.32 Å². The van der Waals surface area contributed by atoms with Crippen LogP contribution in [0.3, 0.4) is 0 Å². The van der Waals surface area contributed by atoms with Gasteiger partial charge in [0.15, 0.2) is 0 Å². The molecule has 0 amide bonds. The number of hydrogen-bond acceptors (Lipinski definition) is 3. The van der Waals surface area contributed by atoms with Gasteiger partial charge in [0.25, 0.3) is 0 Å². The van der Waals surface area contributed by atoms with Crippen molar-refractivity contribution in [2.24, 2.45) is 0 Å². The van der Waals surface area contributed by atoms with Gasteiger partial charge in [0.05, 0.1) is 17.9 Å². The van der Waals surface area contributed by atoms with Crippen molar-refractivity contribution in [3.63, 3.8) is 0 Å². The number of anilines is 1. The molecular formula is C12H13FN2S. The van der Waals surface area contributed by atoms with E-state index >= 15 is 0 Å². The van der Waals surface area contributed by atoms with Gasteiger partial charge in [-0.25, -0.2) is 4.98 Å². The van der Waals surface area contributed by atoms with Crippen LogP contribution in [0.15, 0.2) is 30.5 Å². The number of halogens is 1. The summed E-state index contributed by atoms with van der Waals surface area (Å²) in [7, 11) is 0. The van der Waals surface area contributed by atoms with E-state index in [1.165, 1.54) is 22.0 Å². The van der Waals surface area contributed by atoms with Crippen molar-refractivity contribution >= 4 is 17.0 Å². The van der Waals surface area contributed by atoms with Gasteiger partial charge in [-0.05, 0) is 38.1 Å². The first-order chi connectivity index (χ1) is 7.65. The molecule has 1 N–H and O–H groups in total. The third kappa shape index (κ3) is 2.58. The Morgan fingerprint density at radius 2 is 2.12 bits per heavy atom. The van der Waals surface area contributed by atoms with E-state index in [4.69, 9.17) is 0 Å². The highest BCUT2D eigenvalue weighted by molar-refractivity contribution is 7.12. The van der Waals surface area contributed by atoms with Gasteiger partial charge in [-0.3, -0.25) is 0 Å². The Hall–Kier alpha value is -1.42. The third-order valence-electron chi connectivity index (χ3n) is 2.30. The molecule has 0 bridgehead atoms. The number of thiophene rings is 1. The van der Waals surface area contributed by atoms with Gasteiger partial charge >= 0.3 is 0 Å². The molecule has 1 unspecified atom stereocenters. The van der Waals surface area contributed by atoms with Gasteiger partial charge in [0.2, 0.25) is 5.95 Å². The standard InChI is InChI=1S/C12H13FN2S/c1-8-3-5-11(16-8)9(2)15-10-4-6-12(13)14-7-10/h3-7,9,15H,1-2H3. The first kappa shape index (κ1) is 11.1. The van der Waals surface area contributed by atoms with Crippen LogP contribution in [-0.2, 0) is 0 Å². The van der Waals surface area contributed by atoms with Crippen LogP contribution in [0.4, 0.5) is 10.1 Å². The number of rotatable bonds is 3. The molecule has 4 heteroatoms. The van der Waals surface area contributed by atoms with Gasteiger partial charge in [-0.1, -0.05) is 0 Å². The Bertz CT molecular complexity index is 464. The van der Waals surface area contributed by atoms with Gasteiger partial charge in [-0.15, -0.1) is 11.3 Å². The highest BCUT2D eigenvalue weighted by atomic mass is 32.1. The van der Waals surface area contributed by atoms with E-state index in [9.17, 15) is 4.39 Å². The Balaban J connectivity index is 2.07. The predicted molar refractivity (Wildman–Crippen MR) is 65.3 cm³/mol. The lowest BCUT2D eigenvalue weighted by Crippen LogP contribution is -2.05. The summed E-state index contributed by atoms with van der Waals surface area (Å²) in [6, 6.07) is 7.47. The molecule has 16 heavy (non-hydrogen) atoms. The van der Waals surface area contributed by atoms with Crippen LogP contribution in [0.2, 0.25) is 0 Å². The molecule has 0 saturated heterocycles. The second kappa shape index (κ2) is 4.61. The second-order valence-corrected chi connectivity index (χ2v) is 5.00. The van der Waals surface area contributed by atoms with Crippen molar-refractivity contribution in [2.45, 2.75) is 19.9 Å². The zero-order chi connectivity index (χ0) is 11.5. The summed E-state index contributed by atoms with van der Waals surface area (Å²) in [5.74, 6) is -0.454. The molecule has 1 atom stereocenters. The Kier molecular flexibility index (Phi) is 3.19. The van der Waals surface area contributed by atoms with E-state index in [2.05, 4.69) is 36.3 Å². The summed E-state index contributed by atoms with van der Waals surface area (Å²) in [6.45, 7) is 4.16. The Labute approximate surface area is 98.2 Å². The zero-order valence-corrected chi connectivity index (χ0v) is 10.0. The molecule has 0 fully saturated rings. The van der Waals surface area contributed by atoms with Crippen LogP contribution in [0.5, 0.6) is 0 Å². The van der Waals surface area contributed by atoms with Crippen LogP contribution in [0.1, 0.15) is 22.7 Å². The number of aryl methyl sites for hydroxylation is 1. The highest BCUT2D eigenvalue weighted by Crippen LogP contribution is 2.25. The van der Waals surface area contributed by atoms with E-state index in [0.29, 0.717) is 0 Å². The fourth-order valence-electron chi connectivity index (χ4n) is 1.47. The zero-order valence-electron chi connectivity index (χ0n) is 9.20. The van der Waals surface area contributed by atoms with Gasteiger partial charge in [-0.2, -0.15) is 4.39 Å². The number of nitrogens with zero attached hydrogens (tertiary/aromatic N) is 1. The van der Waals surface area contributed by atoms with E-state index in [-0.39, 0.29) is 6.04 Å². The number of pyridine rings is 1. The van der Waals surface area contributed by atoms with Crippen molar-refractivity contribution in [3.05, 3.63) is 46.2 Å². The van der Waals surface area contributed by atoms with Crippen molar-refractivity contribution in [1.82, 2.24) is 4.98 Å². The summed E-state index contributed by atoms with van der Waals surface area (Å²) >= 11 is 1.76. The van der Waals surface area contributed by atoms with E-state index in [1.807, 2.05) is 0 Å². The highest BCUT2D eigenvalue weighted by Gasteiger charge is 2.07. The molecule has 0 aromatic carbocycles. The minimum atomic E-state index is -0.454. The Morgan fingerprint density at radius 1 is 1.31 bits per heavy atom. The van der Waals surface area contributed by atoms with Crippen LogP contribution < -0.4 is 5.32 Å². The molecule has 0 saturated carbocycles. The molecule has 2 nitrogen and oxygen atoms in total. The van der Waals surface area contributed by atoms with Crippen LogP contribution in [0.25, 0.3) is 0 Å².